The molecule has 0 radical (unpaired) electrons. The molecule has 14 aromatic carbocycles. The maximum absolute atomic E-state index is 2.54. The molecule has 0 fully saturated rings. The van der Waals surface area contributed by atoms with Crippen LogP contribution < -0.4 is 0 Å². The maximum Gasteiger partial charge on any atom is 0.0725 e. The standard InChI is InChI=1S/C75H47N/c1-4-22-51(23-5-1)75(52-24-6-2-7-25-52)73-63-37-18-12-30-56(63)65(47-67(73)72-58-32-13-10-28-54(58)55-29-11-19-38-64(55)74(72)75)48-40-42-49(43-41-48)70-59-33-14-16-35-61(59)71(62-36-17-15-34-60(62)70)50-44-45-69-66(46-50)57-31-20-21-39-68(57)76(69)53-26-8-3-9-27-53/h1-47H. The van der Waals surface area contributed by atoms with Gasteiger partial charge in [-0.3, -0.25) is 0 Å². The zero-order valence-electron chi connectivity index (χ0n) is 41.6. The highest BCUT2D eigenvalue weighted by atomic mass is 15.0. The monoisotopic (exact) mass is 961 g/mol. The van der Waals surface area contributed by atoms with Crippen molar-refractivity contribution in [1.82, 2.24) is 4.57 Å². The molecule has 76 heavy (non-hydrogen) atoms. The maximum atomic E-state index is 2.54. The summed E-state index contributed by atoms with van der Waals surface area (Å²) in [7, 11) is 0. The molecule has 15 aromatic rings. The van der Waals surface area contributed by atoms with Crippen molar-refractivity contribution in [2.45, 2.75) is 5.41 Å². The second-order valence-corrected chi connectivity index (χ2v) is 20.6. The van der Waals surface area contributed by atoms with Gasteiger partial charge in [0, 0.05) is 16.5 Å². The SMILES string of the molecule is c1ccc(-n2c3ccccc3c3cc(-c4c5ccccc5c(-c5ccc(-c6cc7c(c8ccccc68)C(c6ccccc6)(c6ccccc6)c6c-7c7ccccc7c7ccccc67)cc5)c5ccccc45)ccc32)cc1. The highest BCUT2D eigenvalue weighted by Crippen LogP contribution is 2.63. The molecule has 0 unspecified atom stereocenters. The van der Waals surface area contributed by atoms with Crippen LogP contribution in [0.2, 0.25) is 0 Å². The van der Waals surface area contributed by atoms with Crippen LogP contribution in [-0.2, 0) is 5.41 Å². The van der Waals surface area contributed by atoms with Gasteiger partial charge in [0.25, 0.3) is 0 Å². The fourth-order valence-electron chi connectivity index (χ4n) is 13.8. The van der Waals surface area contributed by atoms with Gasteiger partial charge < -0.3 is 4.57 Å². The van der Waals surface area contributed by atoms with E-state index in [9.17, 15) is 0 Å². The molecular weight excluding hydrogens is 915 g/mol. The van der Waals surface area contributed by atoms with Gasteiger partial charge >= 0.3 is 0 Å². The van der Waals surface area contributed by atoms with Gasteiger partial charge in [-0.15, -0.1) is 0 Å². The zero-order valence-corrected chi connectivity index (χ0v) is 41.6. The number of fused-ring (bicyclic) bond motifs is 15. The molecular formula is C75H47N. The average Bonchev–Trinajstić information content (AvgIpc) is 4.02. The first-order chi connectivity index (χ1) is 37.8. The second-order valence-electron chi connectivity index (χ2n) is 20.6. The molecule has 0 saturated carbocycles. The summed E-state index contributed by atoms with van der Waals surface area (Å²) in [6.45, 7) is 0. The summed E-state index contributed by atoms with van der Waals surface area (Å²) in [4.78, 5) is 0. The van der Waals surface area contributed by atoms with Gasteiger partial charge in [-0.2, -0.15) is 0 Å². The first-order valence-corrected chi connectivity index (χ1v) is 26.5. The molecule has 352 valence electrons. The topological polar surface area (TPSA) is 4.93 Å². The van der Waals surface area contributed by atoms with E-state index in [2.05, 4.69) is 290 Å². The highest BCUT2D eigenvalue weighted by Gasteiger charge is 2.49. The lowest BCUT2D eigenvalue weighted by atomic mass is 9.65. The zero-order chi connectivity index (χ0) is 49.9. The van der Waals surface area contributed by atoms with Crippen LogP contribution in [-0.4, -0.2) is 4.57 Å². The number of rotatable bonds is 6. The van der Waals surface area contributed by atoms with E-state index in [1.54, 1.807) is 0 Å². The van der Waals surface area contributed by atoms with Crippen LogP contribution >= 0.6 is 0 Å². The first-order valence-electron chi connectivity index (χ1n) is 26.5. The summed E-state index contributed by atoms with van der Waals surface area (Å²) in [5.41, 5.74) is 18.2. The average molecular weight is 962 g/mol. The molecule has 1 heterocycles. The molecule has 0 amide bonds. The van der Waals surface area contributed by atoms with Gasteiger partial charge in [0.05, 0.1) is 16.4 Å². The predicted molar refractivity (Wildman–Crippen MR) is 322 cm³/mol. The predicted octanol–water partition coefficient (Wildman–Crippen LogP) is 19.9. The van der Waals surface area contributed by atoms with E-state index in [-0.39, 0.29) is 0 Å². The van der Waals surface area contributed by atoms with Gasteiger partial charge in [0.1, 0.15) is 0 Å². The number of para-hydroxylation sites is 2. The van der Waals surface area contributed by atoms with E-state index in [0.29, 0.717) is 0 Å². The summed E-state index contributed by atoms with van der Waals surface area (Å²) < 4.78 is 2.40. The van der Waals surface area contributed by atoms with Crippen LogP contribution in [0.4, 0.5) is 0 Å². The van der Waals surface area contributed by atoms with Gasteiger partial charge in [-0.1, -0.05) is 249 Å². The number of aromatic nitrogens is 1. The van der Waals surface area contributed by atoms with E-state index in [1.165, 1.54) is 142 Å². The third-order valence-corrected chi connectivity index (χ3v) is 16.8. The van der Waals surface area contributed by atoms with Crippen LogP contribution in [0, 0.1) is 0 Å². The fourth-order valence-corrected chi connectivity index (χ4v) is 13.8. The van der Waals surface area contributed by atoms with E-state index in [4.69, 9.17) is 0 Å². The number of nitrogens with zero attached hydrogens (tertiary/aromatic N) is 1. The Balaban J connectivity index is 0.914. The van der Waals surface area contributed by atoms with Crippen LogP contribution in [0.15, 0.2) is 285 Å². The highest BCUT2D eigenvalue weighted by molar-refractivity contribution is 6.24. The third kappa shape index (κ3) is 5.97. The van der Waals surface area contributed by atoms with E-state index in [0.717, 1.165) is 5.69 Å². The normalized spacial score (nSPS) is 12.8. The van der Waals surface area contributed by atoms with E-state index >= 15 is 0 Å². The minimum atomic E-state index is -0.597. The molecule has 1 aromatic heterocycles. The molecule has 0 bridgehead atoms. The minimum absolute atomic E-state index is 0.597. The summed E-state index contributed by atoms with van der Waals surface area (Å²) in [6.07, 6.45) is 0. The quantitative estimate of drug-likeness (QED) is 0.116. The van der Waals surface area contributed by atoms with Crippen molar-refractivity contribution in [2.24, 2.45) is 0 Å². The van der Waals surface area contributed by atoms with Crippen molar-refractivity contribution in [3.8, 4) is 50.2 Å². The second kappa shape index (κ2) is 16.6. The Morgan fingerprint density at radius 2 is 0.618 bits per heavy atom. The number of benzene rings is 14. The molecule has 0 atom stereocenters. The summed E-state index contributed by atoms with van der Waals surface area (Å²) in [5, 5.41) is 15.1. The largest absolute Gasteiger partial charge is 0.309 e. The Hall–Kier alpha value is -9.82. The lowest BCUT2D eigenvalue weighted by molar-refractivity contribution is 0.783. The van der Waals surface area contributed by atoms with Crippen LogP contribution in [0.5, 0.6) is 0 Å². The molecule has 0 aliphatic heterocycles. The number of hydrogen-bond acceptors (Lipinski definition) is 0. The van der Waals surface area contributed by atoms with Crippen molar-refractivity contribution in [3.05, 3.63) is 307 Å². The van der Waals surface area contributed by atoms with Crippen molar-refractivity contribution >= 4 is 75.7 Å². The van der Waals surface area contributed by atoms with Crippen molar-refractivity contribution in [1.29, 1.82) is 0 Å². The molecule has 0 N–H and O–H groups in total. The smallest absolute Gasteiger partial charge is 0.0725 e. The molecule has 0 spiro atoms. The molecule has 1 nitrogen and oxygen atoms in total. The van der Waals surface area contributed by atoms with Crippen molar-refractivity contribution in [3.63, 3.8) is 0 Å². The Bertz CT molecular complexity index is 4740. The Labute approximate surface area is 440 Å². The lowest BCUT2D eigenvalue weighted by Gasteiger charge is -2.35. The first kappa shape index (κ1) is 42.7. The molecule has 1 aliphatic carbocycles. The minimum Gasteiger partial charge on any atom is -0.309 e. The van der Waals surface area contributed by atoms with Crippen molar-refractivity contribution in [2.75, 3.05) is 0 Å². The number of hydrogen-bond donors (Lipinski definition) is 0. The van der Waals surface area contributed by atoms with Crippen LogP contribution in [0.25, 0.3) is 126 Å². The Kier molecular flexibility index (Phi) is 9.32. The summed E-state index contributed by atoms with van der Waals surface area (Å²) in [5.74, 6) is 0. The summed E-state index contributed by atoms with van der Waals surface area (Å²) in [6, 6.07) is 107. The van der Waals surface area contributed by atoms with Gasteiger partial charge in [0.2, 0.25) is 0 Å². The lowest BCUT2D eigenvalue weighted by Crippen LogP contribution is -2.29. The van der Waals surface area contributed by atoms with Crippen LogP contribution in [0.3, 0.4) is 0 Å². The van der Waals surface area contributed by atoms with Crippen LogP contribution in [0.1, 0.15) is 22.3 Å². The molecule has 0 saturated heterocycles. The Morgan fingerprint density at radius 3 is 1.20 bits per heavy atom. The molecule has 16 rings (SSSR count). The summed E-state index contributed by atoms with van der Waals surface area (Å²) >= 11 is 0. The van der Waals surface area contributed by atoms with E-state index in [1.807, 2.05) is 0 Å². The molecule has 1 aliphatic rings. The van der Waals surface area contributed by atoms with E-state index < -0.39 is 5.41 Å². The third-order valence-electron chi connectivity index (χ3n) is 16.8. The van der Waals surface area contributed by atoms with Gasteiger partial charge in [-0.25, -0.2) is 0 Å². The van der Waals surface area contributed by atoms with Gasteiger partial charge in [-0.05, 0) is 157 Å². The van der Waals surface area contributed by atoms with Gasteiger partial charge in [0.15, 0.2) is 0 Å². The molecule has 1 heteroatoms. The van der Waals surface area contributed by atoms with Crippen molar-refractivity contribution < 1.29 is 0 Å². The Morgan fingerprint density at radius 1 is 0.224 bits per heavy atom. The fraction of sp³-hybridized carbons (Fsp3) is 0.0133.